The van der Waals surface area contributed by atoms with Crippen LogP contribution < -0.4 is 0 Å². The maximum absolute atomic E-state index is 12.9. The number of nitrogens with one attached hydrogen (secondary N) is 1. The number of aromatic nitrogens is 3. The molecule has 2 heterocycles. The number of halogens is 1. The van der Waals surface area contributed by atoms with Crippen molar-refractivity contribution in [2.24, 2.45) is 0 Å². The quantitative estimate of drug-likeness (QED) is 0.603. The molecule has 2 aromatic heterocycles. The average molecular weight is 279 g/mol. The van der Waals surface area contributed by atoms with Crippen LogP contribution in [-0.2, 0) is 0 Å². The van der Waals surface area contributed by atoms with E-state index in [2.05, 4.69) is 15.1 Å². The molecular weight excluding hydrogens is 269 g/mol. The second-order valence-electron chi connectivity index (χ2n) is 4.71. The van der Waals surface area contributed by atoms with E-state index < -0.39 is 0 Å². The molecule has 21 heavy (non-hydrogen) atoms. The number of H-pyrrole nitrogens is 1. The van der Waals surface area contributed by atoms with Gasteiger partial charge in [-0.25, -0.2) is 4.39 Å². The van der Waals surface area contributed by atoms with E-state index in [0.29, 0.717) is 17.3 Å². The average Bonchev–Trinajstić information content (AvgIpc) is 3.16. The van der Waals surface area contributed by atoms with E-state index in [0.717, 1.165) is 16.5 Å². The zero-order valence-electron chi connectivity index (χ0n) is 10.9. The fraction of sp³-hybridized carbons (Fsp3) is 0. The lowest BCUT2D eigenvalue weighted by atomic mass is 10.1. The van der Waals surface area contributed by atoms with Crippen LogP contribution in [0.15, 0.2) is 59.3 Å². The predicted molar refractivity (Wildman–Crippen MR) is 77.0 cm³/mol. The Kier molecular flexibility index (Phi) is 2.57. The van der Waals surface area contributed by atoms with Crippen molar-refractivity contribution in [2.75, 3.05) is 0 Å². The molecule has 0 spiro atoms. The fourth-order valence-corrected chi connectivity index (χ4v) is 2.24. The van der Waals surface area contributed by atoms with Crippen molar-refractivity contribution in [3.05, 3.63) is 60.5 Å². The van der Waals surface area contributed by atoms with Gasteiger partial charge in [-0.15, -0.1) is 0 Å². The van der Waals surface area contributed by atoms with E-state index in [-0.39, 0.29) is 5.82 Å². The second-order valence-corrected chi connectivity index (χ2v) is 4.71. The van der Waals surface area contributed by atoms with Crippen molar-refractivity contribution < 1.29 is 8.91 Å². The number of benzene rings is 2. The first-order valence-electron chi connectivity index (χ1n) is 6.47. The summed E-state index contributed by atoms with van der Waals surface area (Å²) in [5.74, 6) is 0.585. The Morgan fingerprint density at radius 3 is 2.62 bits per heavy atom. The molecule has 102 valence electrons. The molecule has 0 unspecified atom stereocenters. The van der Waals surface area contributed by atoms with Gasteiger partial charge < -0.3 is 9.51 Å². The Labute approximate surface area is 119 Å². The summed E-state index contributed by atoms with van der Waals surface area (Å²) >= 11 is 0. The highest BCUT2D eigenvalue weighted by molar-refractivity contribution is 5.83. The molecule has 0 amide bonds. The molecule has 0 radical (unpaired) electrons. The van der Waals surface area contributed by atoms with Crippen molar-refractivity contribution in [3.8, 4) is 22.8 Å². The van der Waals surface area contributed by atoms with Gasteiger partial charge in [0.2, 0.25) is 5.82 Å². The zero-order chi connectivity index (χ0) is 14.2. The molecule has 0 atom stereocenters. The zero-order valence-corrected chi connectivity index (χ0v) is 10.9. The number of hydrogen-bond donors (Lipinski definition) is 1. The van der Waals surface area contributed by atoms with Gasteiger partial charge in [-0.2, -0.15) is 4.98 Å². The highest BCUT2D eigenvalue weighted by Crippen LogP contribution is 2.25. The van der Waals surface area contributed by atoms with E-state index in [9.17, 15) is 4.39 Å². The van der Waals surface area contributed by atoms with Crippen LogP contribution in [0.25, 0.3) is 33.7 Å². The Balaban J connectivity index is 1.74. The molecule has 4 nitrogen and oxygen atoms in total. The summed E-state index contributed by atoms with van der Waals surface area (Å²) in [5.41, 5.74) is 2.56. The molecule has 0 aliphatic heterocycles. The topological polar surface area (TPSA) is 54.7 Å². The molecule has 0 aliphatic carbocycles. The number of nitrogens with zero attached hydrogens (tertiary/aromatic N) is 2. The maximum atomic E-state index is 12.9. The minimum atomic E-state index is -0.292. The van der Waals surface area contributed by atoms with E-state index in [4.69, 9.17) is 4.52 Å². The van der Waals surface area contributed by atoms with Gasteiger partial charge in [-0.1, -0.05) is 11.2 Å². The minimum absolute atomic E-state index is 0.292. The van der Waals surface area contributed by atoms with E-state index >= 15 is 0 Å². The highest BCUT2D eigenvalue weighted by Gasteiger charge is 2.11. The molecule has 0 fully saturated rings. The van der Waals surface area contributed by atoms with Crippen molar-refractivity contribution >= 4 is 10.9 Å². The lowest BCUT2D eigenvalue weighted by Gasteiger charge is -1.95. The smallest absolute Gasteiger partial charge is 0.258 e. The molecule has 2 aromatic carbocycles. The van der Waals surface area contributed by atoms with Gasteiger partial charge in [0.05, 0.1) is 0 Å². The van der Waals surface area contributed by atoms with Crippen molar-refractivity contribution in [1.29, 1.82) is 0 Å². The highest BCUT2D eigenvalue weighted by atomic mass is 19.1. The third-order valence-corrected chi connectivity index (χ3v) is 3.33. The van der Waals surface area contributed by atoms with E-state index in [1.807, 2.05) is 30.5 Å². The predicted octanol–water partition coefficient (Wildman–Crippen LogP) is 4.02. The number of rotatable bonds is 2. The van der Waals surface area contributed by atoms with Crippen molar-refractivity contribution in [3.63, 3.8) is 0 Å². The van der Waals surface area contributed by atoms with Gasteiger partial charge >= 0.3 is 0 Å². The molecule has 0 saturated carbocycles. The summed E-state index contributed by atoms with van der Waals surface area (Å²) in [7, 11) is 0. The standard InChI is InChI=1S/C16H10FN3O/c17-13-5-3-11(4-6-13)15-19-16(21-20-15)12-2-1-10-7-8-18-14(10)9-12/h1-9,18H. The van der Waals surface area contributed by atoms with Crippen molar-refractivity contribution in [2.45, 2.75) is 0 Å². The number of aromatic amines is 1. The van der Waals surface area contributed by atoms with Crippen LogP contribution >= 0.6 is 0 Å². The number of fused-ring (bicyclic) bond motifs is 1. The minimum Gasteiger partial charge on any atom is -0.361 e. The van der Waals surface area contributed by atoms with Gasteiger partial charge in [0.25, 0.3) is 5.89 Å². The first-order chi connectivity index (χ1) is 10.3. The Bertz CT molecular complexity index is 909. The SMILES string of the molecule is Fc1ccc(-c2noc(-c3ccc4cc[nH]c4c3)n2)cc1. The van der Waals surface area contributed by atoms with Gasteiger partial charge in [-0.05, 0) is 47.9 Å². The summed E-state index contributed by atoms with van der Waals surface area (Å²) in [6.07, 6.45) is 1.88. The van der Waals surface area contributed by atoms with Gasteiger partial charge in [0.15, 0.2) is 0 Å². The van der Waals surface area contributed by atoms with Gasteiger partial charge in [0.1, 0.15) is 5.82 Å². The first-order valence-corrected chi connectivity index (χ1v) is 6.47. The van der Waals surface area contributed by atoms with Crippen LogP contribution in [0.4, 0.5) is 4.39 Å². The maximum Gasteiger partial charge on any atom is 0.258 e. The monoisotopic (exact) mass is 279 g/mol. The van der Waals surface area contributed by atoms with Crippen LogP contribution in [0.3, 0.4) is 0 Å². The summed E-state index contributed by atoms with van der Waals surface area (Å²) in [4.78, 5) is 7.50. The third kappa shape index (κ3) is 2.08. The Hall–Kier alpha value is -2.95. The molecule has 0 saturated heterocycles. The van der Waals surface area contributed by atoms with Crippen LogP contribution in [0.1, 0.15) is 0 Å². The summed E-state index contributed by atoms with van der Waals surface area (Å²) in [5, 5.41) is 5.06. The second kappa shape index (κ2) is 4.56. The van der Waals surface area contributed by atoms with Gasteiger partial charge in [-0.3, -0.25) is 0 Å². The summed E-state index contributed by atoms with van der Waals surface area (Å²) in [6, 6.07) is 13.9. The number of hydrogen-bond acceptors (Lipinski definition) is 3. The first kappa shape index (κ1) is 11.8. The van der Waals surface area contributed by atoms with Crippen LogP contribution in [0.5, 0.6) is 0 Å². The molecule has 5 heteroatoms. The molecule has 0 bridgehead atoms. The third-order valence-electron chi connectivity index (χ3n) is 3.33. The summed E-state index contributed by atoms with van der Waals surface area (Å²) in [6.45, 7) is 0. The Morgan fingerprint density at radius 1 is 0.952 bits per heavy atom. The molecular formula is C16H10FN3O. The van der Waals surface area contributed by atoms with Crippen LogP contribution in [0.2, 0.25) is 0 Å². The van der Waals surface area contributed by atoms with E-state index in [1.54, 1.807) is 12.1 Å². The lowest BCUT2D eigenvalue weighted by Crippen LogP contribution is -1.82. The lowest BCUT2D eigenvalue weighted by molar-refractivity contribution is 0.432. The van der Waals surface area contributed by atoms with Crippen molar-refractivity contribution in [1.82, 2.24) is 15.1 Å². The molecule has 4 rings (SSSR count). The molecule has 4 aromatic rings. The van der Waals surface area contributed by atoms with Crippen LogP contribution in [-0.4, -0.2) is 15.1 Å². The van der Waals surface area contributed by atoms with Crippen LogP contribution in [0, 0.1) is 5.82 Å². The summed E-state index contributed by atoms with van der Waals surface area (Å²) < 4.78 is 18.2. The van der Waals surface area contributed by atoms with Gasteiger partial charge in [0, 0.05) is 22.8 Å². The largest absolute Gasteiger partial charge is 0.361 e. The molecule has 0 aliphatic rings. The normalized spacial score (nSPS) is 11.1. The fourth-order valence-electron chi connectivity index (χ4n) is 2.24. The Morgan fingerprint density at radius 2 is 1.76 bits per heavy atom. The molecule has 1 N–H and O–H groups in total. The van der Waals surface area contributed by atoms with E-state index in [1.165, 1.54) is 12.1 Å².